The van der Waals surface area contributed by atoms with Crippen LogP contribution in [0.2, 0.25) is 0 Å². The third kappa shape index (κ3) is 7.18. The lowest BCUT2D eigenvalue weighted by Gasteiger charge is -2.24. The van der Waals surface area contributed by atoms with E-state index in [1.807, 2.05) is 12.1 Å². The van der Waals surface area contributed by atoms with Crippen LogP contribution < -0.4 is 9.62 Å². The van der Waals surface area contributed by atoms with Crippen LogP contribution in [0.1, 0.15) is 32.1 Å². The van der Waals surface area contributed by atoms with Crippen LogP contribution in [0.4, 0.5) is 5.69 Å². The number of nitrogens with one attached hydrogen (secondary N) is 1. The maximum atomic E-state index is 13.3. The number of sulfonamides is 1. The Morgan fingerprint density at radius 1 is 0.968 bits per heavy atom. The smallest absolute Gasteiger partial charge is 0.264 e. The number of likely N-dealkylation sites (tertiary alicyclic amines) is 1. The minimum atomic E-state index is -3.85. The highest BCUT2D eigenvalue weighted by atomic mass is 127. The summed E-state index contributed by atoms with van der Waals surface area (Å²) >= 11 is 2.17. The number of benzene rings is 2. The average molecular weight is 555 g/mol. The molecule has 8 heteroatoms. The number of amides is 1. The zero-order valence-corrected chi connectivity index (χ0v) is 20.6. The van der Waals surface area contributed by atoms with Gasteiger partial charge in [0, 0.05) is 10.1 Å². The van der Waals surface area contributed by atoms with Crippen LogP contribution >= 0.6 is 22.6 Å². The molecule has 1 fully saturated rings. The molecule has 2 aromatic carbocycles. The minimum absolute atomic E-state index is 0.169. The van der Waals surface area contributed by atoms with E-state index >= 15 is 0 Å². The van der Waals surface area contributed by atoms with E-state index in [1.54, 1.807) is 42.5 Å². The Hall–Kier alpha value is -1.65. The maximum absolute atomic E-state index is 13.3. The second-order valence-corrected chi connectivity index (χ2v) is 10.9. The highest BCUT2D eigenvalue weighted by Gasteiger charge is 2.27. The van der Waals surface area contributed by atoms with Crippen molar-refractivity contribution in [2.75, 3.05) is 37.0 Å². The third-order valence-electron chi connectivity index (χ3n) is 5.40. The molecule has 2 aromatic rings. The van der Waals surface area contributed by atoms with Crippen molar-refractivity contribution in [3.05, 3.63) is 58.2 Å². The Balaban J connectivity index is 1.63. The first-order valence-electron chi connectivity index (χ1n) is 10.8. The van der Waals surface area contributed by atoms with E-state index in [0.717, 1.165) is 29.6 Å². The fraction of sp³-hybridized carbons (Fsp3) is 0.435. The Labute approximate surface area is 199 Å². The summed E-state index contributed by atoms with van der Waals surface area (Å²) in [6.45, 7) is 3.51. The Bertz CT molecular complexity index is 928. The van der Waals surface area contributed by atoms with Crippen molar-refractivity contribution >= 4 is 44.2 Å². The number of carbonyl (C=O) groups is 1. The fourth-order valence-corrected chi connectivity index (χ4v) is 5.52. The van der Waals surface area contributed by atoms with Crippen molar-refractivity contribution in [3.63, 3.8) is 0 Å². The summed E-state index contributed by atoms with van der Waals surface area (Å²) in [5.74, 6) is -0.297. The first-order valence-corrected chi connectivity index (χ1v) is 13.3. The summed E-state index contributed by atoms with van der Waals surface area (Å²) < 4.78 is 28.7. The SMILES string of the molecule is O=C(CN(c1ccc(I)cc1)S(=O)(=O)c1ccccc1)NCCCN1CCCCCC1. The predicted octanol–water partition coefficient (Wildman–Crippen LogP) is 3.87. The summed E-state index contributed by atoms with van der Waals surface area (Å²) in [6.07, 6.45) is 5.96. The summed E-state index contributed by atoms with van der Waals surface area (Å²) in [4.78, 5) is 15.3. The molecular formula is C23H30IN3O3S. The number of rotatable bonds is 9. The molecule has 31 heavy (non-hydrogen) atoms. The molecule has 0 saturated carbocycles. The lowest BCUT2D eigenvalue weighted by atomic mass is 10.2. The highest BCUT2D eigenvalue weighted by molar-refractivity contribution is 14.1. The van der Waals surface area contributed by atoms with Gasteiger partial charge in [-0.2, -0.15) is 0 Å². The topological polar surface area (TPSA) is 69.7 Å². The molecule has 1 aliphatic rings. The molecule has 0 unspecified atom stereocenters. The number of nitrogens with zero attached hydrogens (tertiary/aromatic N) is 2. The van der Waals surface area contributed by atoms with Gasteiger partial charge in [-0.3, -0.25) is 9.10 Å². The van der Waals surface area contributed by atoms with Crippen molar-refractivity contribution < 1.29 is 13.2 Å². The normalized spacial score (nSPS) is 15.3. The van der Waals surface area contributed by atoms with E-state index in [2.05, 4.69) is 32.8 Å². The summed E-state index contributed by atoms with van der Waals surface area (Å²) in [5.41, 5.74) is 0.476. The van der Waals surface area contributed by atoms with Crippen LogP contribution in [0, 0.1) is 3.57 Å². The molecule has 0 spiro atoms. The second-order valence-electron chi connectivity index (χ2n) is 7.76. The van der Waals surface area contributed by atoms with E-state index in [0.29, 0.717) is 12.2 Å². The largest absolute Gasteiger partial charge is 0.354 e. The first kappa shape index (κ1) is 24.0. The standard InChI is InChI=1S/C23H30IN3O3S/c24-20-11-13-21(14-12-20)27(31(29,30)22-9-4-3-5-10-22)19-23(28)25-15-8-18-26-16-6-1-2-7-17-26/h3-5,9-14H,1-2,6-8,15-19H2,(H,25,28). The first-order chi connectivity index (χ1) is 15.0. The Morgan fingerprint density at radius 3 is 2.26 bits per heavy atom. The molecule has 0 aromatic heterocycles. The van der Waals surface area contributed by atoms with E-state index in [4.69, 9.17) is 0 Å². The fourth-order valence-electron chi connectivity index (χ4n) is 3.72. The van der Waals surface area contributed by atoms with Gasteiger partial charge in [-0.25, -0.2) is 8.42 Å². The molecule has 0 bridgehead atoms. The predicted molar refractivity (Wildman–Crippen MR) is 133 cm³/mol. The zero-order valence-electron chi connectivity index (χ0n) is 17.7. The molecule has 0 atom stereocenters. The van der Waals surface area contributed by atoms with Crippen molar-refractivity contribution in [1.29, 1.82) is 0 Å². The lowest BCUT2D eigenvalue weighted by Crippen LogP contribution is -2.41. The van der Waals surface area contributed by atoms with Gasteiger partial charge in [-0.05, 0) is 97.9 Å². The Kier molecular flexibility index (Phi) is 9.15. The molecule has 1 aliphatic heterocycles. The average Bonchev–Trinajstić information content (AvgIpc) is 3.05. The zero-order chi connectivity index (χ0) is 22.1. The number of halogens is 1. The molecule has 0 radical (unpaired) electrons. The van der Waals surface area contributed by atoms with Crippen molar-refractivity contribution in [1.82, 2.24) is 10.2 Å². The summed E-state index contributed by atoms with van der Waals surface area (Å²) in [7, 11) is -3.85. The van der Waals surface area contributed by atoms with Gasteiger partial charge in [0.2, 0.25) is 5.91 Å². The van der Waals surface area contributed by atoms with Crippen LogP contribution in [0.3, 0.4) is 0 Å². The minimum Gasteiger partial charge on any atom is -0.354 e. The lowest BCUT2D eigenvalue weighted by molar-refractivity contribution is -0.119. The number of carbonyl (C=O) groups excluding carboxylic acids is 1. The quantitative estimate of drug-likeness (QED) is 0.377. The van der Waals surface area contributed by atoms with Crippen LogP contribution in [0.25, 0.3) is 0 Å². The van der Waals surface area contributed by atoms with Crippen LogP contribution in [-0.2, 0) is 14.8 Å². The molecular weight excluding hydrogens is 525 g/mol. The molecule has 0 aliphatic carbocycles. The van der Waals surface area contributed by atoms with E-state index < -0.39 is 10.0 Å². The molecule has 1 heterocycles. The van der Waals surface area contributed by atoms with Crippen LogP contribution in [0.15, 0.2) is 59.5 Å². The van der Waals surface area contributed by atoms with Gasteiger partial charge in [0.05, 0.1) is 10.6 Å². The van der Waals surface area contributed by atoms with Crippen molar-refractivity contribution in [3.8, 4) is 0 Å². The number of anilines is 1. The van der Waals surface area contributed by atoms with E-state index in [1.165, 1.54) is 30.0 Å². The Morgan fingerprint density at radius 2 is 1.61 bits per heavy atom. The van der Waals surface area contributed by atoms with E-state index in [-0.39, 0.29) is 17.3 Å². The number of hydrogen-bond acceptors (Lipinski definition) is 4. The monoisotopic (exact) mass is 555 g/mol. The highest BCUT2D eigenvalue weighted by Crippen LogP contribution is 2.24. The van der Waals surface area contributed by atoms with Gasteiger partial charge in [0.25, 0.3) is 10.0 Å². The van der Waals surface area contributed by atoms with Gasteiger partial charge >= 0.3 is 0 Å². The van der Waals surface area contributed by atoms with Crippen LogP contribution in [-0.4, -0.2) is 51.9 Å². The van der Waals surface area contributed by atoms with Gasteiger partial charge in [-0.15, -0.1) is 0 Å². The van der Waals surface area contributed by atoms with Gasteiger partial charge < -0.3 is 10.2 Å². The van der Waals surface area contributed by atoms with Gasteiger partial charge in [0.1, 0.15) is 6.54 Å². The number of hydrogen-bond donors (Lipinski definition) is 1. The van der Waals surface area contributed by atoms with Gasteiger partial charge in [0.15, 0.2) is 0 Å². The molecule has 6 nitrogen and oxygen atoms in total. The maximum Gasteiger partial charge on any atom is 0.264 e. The molecule has 168 valence electrons. The van der Waals surface area contributed by atoms with Crippen LogP contribution in [0.5, 0.6) is 0 Å². The molecule has 1 saturated heterocycles. The molecule has 1 amide bonds. The molecule has 3 rings (SSSR count). The van der Waals surface area contributed by atoms with Crippen molar-refractivity contribution in [2.24, 2.45) is 0 Å². The van der Waals surface area contributed by atoms with E-state index in [9.17, 15) is 13.2 Å². The summed E-state index contributed by atoms with van der Waals surface area (Å²) in [6, 6.07) is 15.4. The van der Waals surface area contributed by atoms with Crippen molar-refractivity contribution in [2.45, 2.75) is 37.0 Å². The second kappa shape index (κ2) is 11.8. The molecule has 1 N–H and O–H groups in total. The summed E-state index contributed by atoms with van der Waals surface area (Å²) in [5, 5.41) is 2.90. The van der Waals surface area contributed by atoms with Gasteiger partial charge in [-0.1, -0.05) is 31.0 Å². The third-order valence-corrected chi connectivity index (χ3v) is 7.91.